The quantitative estimate of drug-likeness (QED) is 0.251. The summed E-state index contributed by atoms with van der Waals surface area (Å²) in [7, 11) is 0. The Labute approximate surface area is 188 Å². The summed E-state index contributed by atoms with van der Waals surface area (Å²) in [5.41, 5.74) is 2.43. The van der Waals surface area contributed by atoms with E-state index in [9.17, 15) is 13.6 Å². The first kappa shape index (κ1) is 21.7. The van der Waals surface area contributed by atoms with Crippen molar-refractivity contribution in [3.8, 4) is 11.4 Å². The van der Waals surface area contributed by atoms with Crippen molar-refractivity contribution in [1.29, 1.82) is 0 Å². The summed E-state index contributed by atoms with van der Waals surface area (Å²) < 4.78 is 30.9. The third-order valence-electron chi connectivity index (χ3n) is 4.65. The second kappa shape index (κ2) is 10.2. The number of hydrogen-bond donors (Lipinski definition) is 0. The molecule has 0 atom stereocenters. The number of nitrogens with zero attached hydrogens (tertiary/aromatic N) is 3. The molecule has 0 unspecified atom stereocenters. The summed E-state index contributed by atoms with van der Waals surface area (Å²) in [5.74, 6) is 0.765. The summed E-state index contributed by atoms with van der Waals surface area (Å²) in [4.78, 5) is 12.6. The van der Waals surface area contributed by atoms with E-state index in [0.29, 0.717) is 17.1 Å². The number of benzene rings is 3. The van der Waals surface area contributed by atoms with Crippen LogP contribution in [0.2, 0.25) is 0 Å². The van der Waals surface area contributed by atoms with Gasteiger partial charge in [-0.15, -0.1) is 10.2 Å². The lowest BCUT2D eigenvalue weighted by atomic mass is 10.1. The van der Waals surface area contributed by atoms with Crippen LogP contribution in [-0.2, 0) is 6.42 Å². The van der Waals surface area contributed by atoms with E-state index in [-0.39, 0.29) is 17.3 Å². The van der Waals surface area contributed by atoms with E-state index < -0.39 is 6.61 Å². The molecule has 0 aliphatic carbocycles. The third-order valence-corrected chi connectivity index (χ3v) is 5.58. The molecule has 0 N–H and O–H groups in total. The molecule has 0 spiro atoms. The van der Waals surface area contributed by atoms with Gasteiger partial charge in [0.1, 0.15) is 11.6 Å². The summed E-state index contributed by atoms with van der Waals surface area (Å²) in [6.07, 6.45) is 0.600. The predicted octanol–water partition coefficient (Wildman–Crippen LogP) is 5.43. The number of rotatable bonds is 9. The maximum Gasteiger partial charge on any atom is 0.387 e. The molecule has 8 heteroatoms. The van der Waals surface area contributed by atoms with Crippen LogP contribution >= 0.6 is 11.8 Å². The topological polar surface area (TPSA) is 57.0 Å². The van der Waals surface area contributed by atoms with Crippen molar-refractivity contribution in [2.45, 2.75) is 18.2 Å². The van der Waals surface area contributed by atoms with Gasteiger partial charge in [-0.3, -0.25) is 9.36 Å². The number of para-hydroxylation sites is 1. The van der Waals surface area contributed by atoms with Crippen molar-refractivity contribution < 1.29 is 18.3 Å². The number of alkyl halides is 2. The Kier molecular flexibility index (Phi) is 6.91. The zero-order valence-electron chi connectivity index (χ0n) is 16.9. The highest BCUT2D eigenvalue weighted by Crippen LogP contribution is 2.25. The lowest BCUT2D eigenvalue weighted by Crippen LogP contribution is -2.07. The van der Waals surface area contributed by atoms with E-state index in [4.69, 9.17) is 0 Å². The number of ketones is 1. The maximum absolute atomic E-state index is 12.6. The SMILES string of the molecule is O=C(CSc1nnc(Cc2ccccc2)n1-c1ccccc1)c1ccc(OC(F)F)cc1. The van der Waals surface area contributed by atoms with Crippen molar-refractivity contribution in [3.63, 3.8) is 0 Å². The number of carbonyl (C=O) groups is 1. The molecular formula is C24H19F2N3O2S. The van der Waals surface area contributed by atoms with E-state index in [2.05, 4.69) is 14.9 Å². The van der Waals surface area contributed by atoms with E-state index >= 15 is 0 Å². The zero-order chi connectivity index (χ0) is 22.3. The van der Waals surface area contributed by atoms with E-state index in [0.717, 1.165) is 17.1 Å². The monoisotopic (exact) mass is 451 g/mol. The molecule has 4 aromatic rings. The molecule has 1 aromatic heterocycles. The molecule has 4 rings (SSSR count). The molecule has 0 saturated heterocycles. The van der Waals surface area contributed by atoms with Crippen LogP contribution in [0.3, 0.4) is 0 Å². The third kappa shape index (κ3) is 5.39. The predicted molar refractivity (Wildman–Crippen MR) is 119 cm³/mol. The van der Waals surface area contributed by atoms with Crippen LogP contribution in [0.1, 0.15) is 21.7 Å². The van der Waals surface area contributed by atoms with Crippen molar-refractivity contribution in [2.24, 2.45) is 0 Å². The average Bonchev–Trinajstić information content (AvgIpc) is 3.21. The maximum atomic E-state index is 12.6. The van der Waals surface area contributed by atoms with Crippen molar-refractivity contribution >= 4 is 17.5 Å². The molecule has 5 nitrogen and oxygen atoms in total. The fourth-order valence-electron chi connectivity index (χ4n) is 3.16. The second-order valence-corrected chi connectivity index (χ2v) is 7.79. The fraction of sp³-hybridized carbons (Fsp3) is 0.125. The normalized spacial score (nSPS) is 11.0. The number of Topliss-reactive ketones (excluding diaryl/α,β-unsaturated/α-hetero) is 1. The van der Waals surface area contributed by atoms with Gasteiger partial charge in [-0.05, 0) is 42.0 Å². The van der Waals surface area contributed by atoms with Gasteiger partial charge in [-0.2, -0.15) is 8.78 Å². The molecule has 1 heterocycles. The Hall–Kier alpha value is -3.52. The highest BCUT2D eigenvalue weighted by atomic mass is 32.2. The van der Waals surface area contributed by atoms with Crippen molar-refractivity contribution in [2.75, 3.05) is 5.75 Å². The van der Waals surface area contributed by atoms with Crippen molar-refractivity contribution in [1.82, 2.24) is 14.8 Å². The van der Waals surface area contributed by atoms with Gasteiger partial charge in [0.25, 0.3) is 0 Å². The Balaban J connectivity index is 1.52. The Bertz CT molecular complexity index is 1170. The van der Waals surface area contributed by atoms with Crippen LogP contribution < -0.4 is 4.74 Å². The molecule has 0 bridgehead atoms. The van der Waals surface area contributed by atoms with E-state index in [1.54, 1.807) is 0 Å². The minimum absolute atomic E-state index is 0.0126. The molecule has 3 aromatic carbocycles. The Morgan fingerprint density at radius 2 is 1.56 bits per heavy atom. The van der Waals surface area contributed by atoms with Gasteiger partial charge in [0, 0.05) is 17.7 Å². The number of hydrogen-bond acceptors (Lipinski definition) is 5. The average molecular weight is 451 g/mol. The van der Waals surface area contributed by atoms with Crippen LogP contribution in [0.4, 0.5) is 8.78 Å². The number of halogens is 2. The van der Waals surface area contributed by atoms with Gasteiger partial charge in [0.05, 0.1) is 5.75 Å². The highest BCUT2D eigenvalue weighted by Gasteiger charge is 2.17. The number of aromatic nitrogens is 3. The van der Waals surface area contributed by atoms with E-state index in [1.807, 2.05) is 65.2 Å². The molecule has 0 saturated carbocycles. The number of ether oxygens (including phenoxy) is 1. The Morgan fingerprint density at radius 1 is 0.906 bits per heavy atom. The minimum Gasteiger partial charge on any atom is -0.435 e. The first-order valence-electron chi connectivity index (χ1n) is 9.84. The van der Waals surface area contributed by atoms with Crippen LogP contribution in [0, 0.1) is 0 Å². The molecule has 162 valence electrons. The van der Waals surface area contributed by atoms with Crippen LogP contribution in [0.5, 0.6) is 5.75 Å². The minimum atomic E-state index is -2.90. The first-order chi connectivity index (χ1) is 15.6. The molecule has 0 fully saturated rings. The smallest absolute Gasteiger partial charge is 0.387 e. The summed E-state index contributed by atoms with van der Waals surface area (Å²) in [5, 5.41) is 9.30. The highest BCUT2D eigenvalue weighted by molar-refractivity contribution is 7.99. The molecule has 32 heavy (non-hydrogen) atoms. The van der Waals surface area contributed by atoms with Gasteiger partial charge in [0.2, 0.25) is 0 Å². The van der Waals surface area contributed by atoms with Crippen LogP contribution in [0.15, 0.2) is 90.1 Å². The summed E-state index contributed by atoms with van der Waals surface area (Å²) in [6, 6.07) is 25.4. The van der Waals surface area contributed by atoms with E-state index in [1.165, 1.54) is 36.0 Å². The van der Waals surface area contributed by atoms with Gasteiger partial charge < -0.3 is 4.74 Å². The standard InChI is InChI=1S/C24H19F2N3O2S/c25-23(26)31-20-13-11-18(12-14-20)21(30)16-32-24-28-27-22(15-17-7-3-1-4-8-17)29(24)19-9-5-2-6-10-19/h1-14,23H,15-16H2. The van der Waals surface area contributed by atoms with Gasteiger partial charge in [-0.25, -0.2) is 0 Å². The molecule has 0 amide bonds. The number of carbonyl (C=O) groups excluding carboxylic acids is 1. The largest absolute Gasteiger partial charge is 0.435 e. The van der Waals surface area contributed by atoms with Gasteiger partial charge >= 0.3 is 6.61 Å². The molecule has 0 aliphatic rings. The fourth-order valence-corrected chi connectivity index (χ4v) is 4.02. The summed E-state index contributed by atoms with van der Waals surface area (Å²) in [6.45, 7) is -2.90. The lowest BCUT2D eigenvalue weighted by molar-refractivity contribution is -0.0498. The Morgan fingerprint density at radius 3 is 2.22 bits per heavy atom. The second-order valence-electron chi connectivity index (χ2n) is 6.85. The van der Waals surface area contributed by atoms with Crippen LogP contribution in [0.25, 0.3) is 5.69 Å². The first-order valence-corrected chi connectivity index (χ1v) is 10.8. The van der Waals surface area contributed by atoms with Gasteiger partial charge in [-0.1, -0.05) is 60.3 Å². The van der Waals surface area contributed by atoms with Crippen molar-refractivity contribution in [3.05, 3.63) is 102 Å². The lowest BCUT2D eigenvalue weighted by Gasteiger charge is -2.10. The zero-order valence-corrected chi connectivity index (χ0v) is 17.7. The van der Waals surface area contributed by atoms with Gasteiger partial charge in [0.15, 0.2) is 10.9 Å². The summed E-state index contributed by atoms with van der Waals surface area (Å²) >= 11 is 1.28. The molecule has 0 radical (unpaired) electrons. The number of thioether (sulfide) groups is 1. The van der Waals surface area contributed by atoms with Crippen LogP contribution in [-0.4, -0.2) is 32.9 Å². The molecular weight excluding hydrogens is 432 g/mol. The molecule has 0 aliphatic heterocycles.